The first kappa shape index (κ1) is 25.6. The first-order valence-electron chi connectivity index (χ1n) is 13.9. The molecule has 0 radical (unpaired) electrons. The summed E-state index contributed by atoms with van der Waals surface area (Å²) >= 11 is 0. The molecule has 0 atom stereocenters. The quantitative estimate of drug-likeness (QED) is 0.605. The normalized spacial score (nSPS) is 21.0. The van der Waals surface area contributed by atoms with Crippen LogP contribution in [0.25, 0.3) is 5.57 Å². The molecule has 3 fully saturated rings. The molecule has 3 heterocycles. The lowest BCUT2D eigenvalue weighted by atomic mass is 10.0. The number of piperidine rings is 1. The van der Waals surface area contributed by atoms with Crippen LogP contribution in [-0.4, -0.2) is 79.5 Å². The van der Waals surface area contributed by atoms with Crippen molar-refractivity contribution in [2.24, 2.45) is 0 Å². The molecule has 2 aromatic rings. The number of hydrogen-bond donors (Lipinski definition) is 2. The van der Waals surface area contributed by atoms with Crippen molar-refractivity contribution in [1.82, 2.24) is 25.3 Å². The smallest absolute Gasteiger partial charge is 0.253 e. The Morgan fingerprint density at radius 1 is 0.946 bits per heavy atom. The zero-order chi connectivity index (χ0) is 25.5. The summed E-state index contributed by atoms with van der Waals surface area (Å²) in [5, 5.41) is 6.73. The van der Waals surface area contributed by atoms with Gasteiger partial charge in [0.15, 0.2) is 0 Å². The van der Waals surface area contributed by atoms with Crippen LogP contribution in [0.15, 0.2) is 72.6 Å². The zero-order valence-corrected chi connectivity index (χ0v) is 22.2. The SMILES string of the molecule is CN/C=C(\C=C1/CNCCN1Cc1ccccc1)c1ccc(C(=O)N2CCC(N3CCCC3)CC2)cc1. The number of allylic oxidation sites excluding steroid dienone is 2. The molecule has 196 valence electrons. The van der Waals surface area contributed by atoms with E-state index >= 15 is 0 Å². The molecule has 37 heavy (non-hydrogen) atoms. The van der Waals surface area contributed by atoms with Crippen molar-refractivity contribution >= 4 is 11.5 Å². The van der Waals surface area contributed by atoms with Crippen LogP contribution in [0.5, 0.6) is 0 Å². The van der Waals surface area contributed by atoms with Crippen molar-refractivity contribution in [3.05, 3.63) is 89.3 Å². The molecule has 3 aliphatic rings. The number of piperazine rings is 1. The molecule has 1 amide bonds. The van der Waals surface area contributed by atoms with E-state index in [0.29, 0.717) is 6.04 Å². The van der Waals surface area contributed by atoms with Crippen molar-refractivity contribution in [3.63, 3.8) is 0 Å². The fraction of sp³-hybridized carbons (Fsp3) is 0.452. The number of carbonyl (C=O) groups is 1. The molecule has 3 aliphatic heterocycles. The third-order valence-electron chi connectivity index (χ3n) is 7.98. The van der Waals surface area contributed by atoms with Gasteiger partial charge in [-0.3, -0.25) is 4.79 Å². The van der Waals surface area contributed by atoms with Gasteiger partial charge in [-0.05, 0) is 73.7 Å². The summed E-state index contributed by atoms with van der Waals surface area (Å²) < 4.78 is 0. The van der Waals surface area contributed by atoms with Crippen LogP contribution in [-0.2, 0) is 6.54 Å². The van der Waals surface area contributed by atoms with E-state index in [1.54, 1.807) is 0 Å². The van der Waals surface area contributed by atoms with Gasteiger partial charge in [-0.1, -0.05) is 42.5 Å². The van der Waals surface area contributed by atoms with Crippen molar-refractivity contribution in [1.29, 1.82) is 0 Å². The standard InChI is InChI=1S/C31H41N5O/c1-32-22-28(21-30-23-33-15-20-36(30)24-25-7-3-2-4-8-25)26-9-11-27(12-10-26)31(37)35-18-13-29(14-19-35)34-16-5-6-17-34/h2-4,7-12,21-22,29,32-33H,5-6,13-20,23-24H2,1H3/b28-22+,30-21+. The summed E-state index contributed by atoms with van der Waals surface area (Å²) in [6.45, 7) is 7.92. The van der Waals surface area contributed by atoms with E-state index in [4.69, 9.17) is 0 Å². The van der Waals surface area contributed by atoms with Gasteiger partial charge in [-0.2, -0.15) is 0 Å². The van der Waals surface area contributed by atoms with Crippen LogP contribution in [0.1, 0.15) is 47.2 Å². The monoisotopic (exact) mass is 499 g/mol. The van der Waals surface area contributed by atoms with Gasteiger partial charge in [0.25, 0.3) is 5.91 Å². The van der Waals surface area contributed by atoms with Crippen LogP contribution < -0.4 is 10.6 Å². The molecule has 0 spiro atoms. The number of nitrogens with zero attached hydrogens (tertiary/aromatic N) is 3. The molecule has 0 aromatic heterocycles. The number of carbonyl (C=O) groups excluding carboxylic acids is 1. The molecule has 0 unspecified atom stereocenters. The average molecular weight is 500 g/mol. The predicted octanol–water partition coefficient (Wildman–Crippen LogP) is 3.94. The minimum absolute atomic E-state index is 0.162. The lowest BCUT2D eigenvalue weighted by molar-refractivity contribution is 0.0644. The third-order valence-corrected chi connectivity index (χ3v) is 7.98. The van der Waals surface area contributed by atoms with Crippen LogP contribution in [0.2, 0.25) is 0 Å². The van der Waals surface area contributed by atoms with E-state index in [1.165, 1.54) is 37.2 Å². The van der Waals surface area contributed by atoms with Gasteiger partial charge in [-0.15, -0.1) is 0 Å². The molecule has 2 aromatic carbocycles. The number of nitrogens with one attached hydrogen (secondary N) is 2. The summed E-state index contributed by atoms with van der Waals surface area (Å²) in [7, 11) is 1.93. The topological polar surface area (TPSA) is 50.9 Å². The van der Waals surface area contributed by atoms with Crippen molar-refractivity contribution in [3.8, 4) is 0 Å². The maximum absolute atomic E-state index is 13.2. The minimum Gasteiger partial charge on any atom is -0.393 e. The van der Waals surface area contributed by atoms with Gasteiger partial charge in [0.05, 0.1) is 0 Å². The fourth-order valence-corrected chi connectivity index (χ4v) is 5.88. The zero-order valence-electron chi connectivity index (χ0n) is 22.2. The number of benzene rings is 2. The summed E-state index contributed by atoms with van der Waals surface area (Å²) in [6, 6.07) is 19.5. The molecule has 0 saturated carbocycles. The lowest BCUT2D eigenvalue weighted by Crippen LogP contribution is -2.45. The van der Waals surface area contributed by atoms with Crippen molar-refractivity contribution in [2.45, 2.75) is 38.3 Å². The van der Waals surface area contributed by atoms with E-state index in [9.17, 15) is 4.79 Å². The first-order valence-corrected chi connectivity index (χ1v) is 13.9. The highest BCUT2D eigenvalue weighted by Gasteiger charge is 2.28. The number of likely N-dealkylation sites (tertiary alicyclic amines) is 2. The summed E-state index contributed by atoms with van der Waals surface area (Å²) in [4.78, 5) is 20.4. The Labute approximate surface area is 222 Å². The van der Waals surface area contributed by atoms with Gasteiger partial charge < -0.3 is 25.3 Å². The number of rotatable bonds is 7. The Balaban J connectivity index is 1.25. The third kappa shape index (κ3) is 6.43. The molecule has 0 aliphatic carbocycles. The Hall–Kier alpha value is -3.09. The molecule has 5 rings (SSSR count). The van der Waals surface area contributed by atoms with Gasteiger partial charge in [0.1, 0.15) is 0 Å². The first-order chi connectivity index (χ1) is 18.2. The van der Waals surface area contributed by atoms with E-state index in [-0.39, 0.29) is 5.91 Å². The maximum atomic E-state index is 13.2. The molecular weight excluding hydrogens is 458 g/mol. The summed E-state index contributed by atoms with van der Waals surface area (Å²) in [5.41, 5.74) is 5.60. The van der Waals surface area contributed by atoms with Crippen LogP contribution >= 0.6 is 0 Å². The van der Waals surface area contributed by atoms with Gasteiger partial charge in [0.2, 0.25) is 0 Å². The van der Waals surface area contributed by atoms with E-state index in [1.807, 2.05) is 30.3 Å². The highest BCUT2D eigenvalue weighted by atomic mass is 16.2. The number of hydrogen-bond acceptors (Lipinski definition) is 5. The van der Waals surface area contributed by atoms with Crippen molar-refractivity contribution < 1.29 is 4.79 Å². The van der Waals surface area contributed by atoms with Crippen LogP contribution in [0, 0.1) is 0 Å². The van der Waals surface area contributed by atoms with Crippen LogP contribution in [0.4, 0.5) is 0 Å². The Kier molecular flexibility index (Phi) is 8.59. The van der Waals surface area contributed by atoms with E-state index in [0.717, 1.165) is 68.8 Å². The van der Waals surface area contributed by atoms with E-state index < -0.39 is 0 Å². The molecule has 3 saturated heterocycles. The maximum Gasteiger partial charge on any atom is 0.253 e. The number of amides is 1. The van der Waals surface area contributed by atoms with E-state index in [2.05, 4.69) is 69.0 Å². The average Bonchev–Trinajstić information content (AvgIpc) is 3.49. The molecular formula is C31H41N5O. The highest BCUT2D eigenvalue weighted by molar-refractivity contribution is 5.94. The molecule has 0 bridgehead atoms. The van der Waals surface area contributed by atoms with Gasteiger partial charge >= 0.3 is 0 Å². The summed E-state index contributed by atoms with van der Waals surface area (Å²) in [5.74, 6) is 0.162. The molecule has 2 N–H and O–H groups in total. The van der Waals surface area contributed by atoms with Gasteiger partial charge in [-0.25, -0.2) is 0 Å². The molecule has 6 heteroatoms. The van der Waals surface area contributed by atoms with Gasteiger partial charge in [0, 0.05) is 69.8 Å². The Bertz CT molecular complexity index is 1080. The second-order valence-electron chi connectivity index (χ2n) is 10.5. The largest absolute Gasteiger partial charge is 0.393 e. The Morgan fingerprint density at radius 3 is 2.35 bits per heavy atom. The lowest BCUT2D eigenvalue weighted by Gasteiger charge is -2.36. The predicted molar refractivity (Wildman–Crippen MR) is 151 cm³/mol. The minimum atomic E-state index is 0.162. The fourth-order valence-electron chi connectivity index (χ4n) is 5.88. The highest BCUT2D eigenvalue weighted by Crippen LogP contribution is 2.24. The summed E-state index contributed by atoms with van der Waals surface area (Å²) in [6.07, 6.45) is 9.16. The second-order valence-corrected chi connectivity index (χ2v) is 10.5. The molecule has 6 nitrogen and oxygen atoms in total. The second kappa shape index (κ2) is 12.4. The van der Waals surface area contributed by atoms with Crippen LogP contribution in [0.3, 0.4) is 0 Å². The Morgan fingerprint density at radius 2 is 1.65 bits per heavy atom. The van der Waals surface area contributed by atoms with Crippen molar-refractivity contribution in [2.75, 3.05) is 52.9 Å².